The van der Waals surface area contributed by atoms with Crippen molar-refractivity contribution in [3.05, 3.63) is 5.09 Å². The molecule has 0 aromatic carbocycles. The van der Waals surface area contributed by atoms with Crippen LogP contribution in [0.5, 0.6) is 0 Å². The van der Waals surface area contributed by atoms with Gasteiger partial charge in [0.15, 0.2) is 0 Å². The molecule has 0 aromatic heterocycles. The Labute approximate surface area is 43.2 Å². The topological polar surface area (TPSA) is 0 Å². The molecule has 0 rings (SSSR count). The van der Waals surface area contributed by atoms with Crippen LogP contribution in [0.25, 0.3) is 0 Å². The minimum absolute atomic E-state index is 1.26. The summed E-state index contributed by atoms with van der Waals surface area (Å²) in [6.45, 7) is 2.18. The van der Waals surface area contributed by atoms with E-state index in [1.165, 1.54) is 12.8 Å². The summed E-state index contributed by atoms with van der Waals surface area (Å²) in [7, 11) is 0. The molecule has 0 aliphatic heterocycles. The van der Waals surface area contributed by atoms with Gasteiger partial charge in [-0.1, -0.05) is 0 Å². The Kier molecular flexibility index (Phi) is 5.15. The van der Waals surface area contributed by atoms with Crippen molar-refractivity contribution in [1.29, 1.82) is 0 Å². The summed E-state index contributed by atoms with van der Waals surface area (Å²) in [6, 6.07) is 0. The van der Waals surface area contributed by atoms with Crippen molar-refractivity contribution < 1.29 is 0 Å². The van der Waals surface area contributed by atoms with Crippen molar-refractivity contribution >= 4 is 17.7 Å². The van der Waals surface area contributed by atoms with Gasteiger partial charge in [-0.05, 0) is 0 Å². The summed E-state index contributed by atoms with van der Waals surface area (Å²) in [5.74, 6) is 0. The van der Waals surface area contributed by atoms with Crippen LogP contribution in [0.2, 0.25) is 0 Å². The monoisotopic (exact) mass is 63.1 g/mol. The molecule has 25 valence electrons. The molecule has 0 aliphatic rings. The zero-order valence-electron chi connectivity index (χ0n) is 3.99. The fourth-order valence-electron chi connectivity index (χ4n) is 0.289. The molecule has 0 aliphatic carbocycles. The van der Waals surface area contributed by atoms with E-state index < -0.39 is 0 Å². The average molecular weight is 63.0 g/mol. The van der Waals surface area contributed by atoms with E-state index in [1.54, 1.807) is 0 Å². The van der Waals surface area contributed by atoms with Crippen LogP contribution >= 0.6 is 0 Å². The summed E-state index contributed by atoms with van der Waals surface area (Å²) >= 11 is 2.09. The Morgan fingerprint density at radius 3 is 2.40 bits per heavy atom. The maximum atomic E-state index is 2.18. The second-order valence-electron chi connectivity index (χ2n) is 1.20. The van der Waals surface area contributed by atoms with E-state index in [1.807, 2.05) is 0 Å². The van der Waals surface area contributed by atoms with Crippen LogP contribution in [0.4, 0.5) is 0 Å². The second-order valence-corrected chi connectivity index (χ2v) is 1.20. The Morgan fingerprint density at radius 1 is 1.80 bits per heavy atom. The summed E-state index contributed by atoms with van der Waals surface area (Å²) in [4.78, 5) is 0. The molecule has 0 fully saturated rings. The molecular formula is C4H8Li. The van der Waals surface area contributed by atoms with E-state index in [-0.39, 0.29) is 0 Å². The summed E-state index contributed by atoms with van der Waals surface area (Å²) in [5, 5.41) is 2.18. The first kappa shape index (κ1) is 5.60. The standard InChI is InChI=1S/C4H8.Li/c1-3-4-2;/h1H,3-4H2,2H3;. The molecule has 0 saturated heterocycles. The number of rotatable bonds is 2. The van der Waals surface area contributed by atoms with Gasteiger partial charge in [0.05, 0.1) is 0 Å². The number of hydrogen-bond acceptors (Lipinski definition) is 0. The molecule has 5 heavy (non-hydrogen) atoms. The van der Waals surface area contributed by atoms with Crippen molar-refractivity contribution in [1.82, 2.24) is 0 Å². The first-order valence-electron chi connectivity index (χ1n) is 2.19. The molecule has 0 nitrogen and oxygen atoms in total. The fraction of sp³-hybridized carbons (Fsp3) is 0.750. The van der Waals surface area contributed by atoms with Gasteiger partial charge >= 0.3 is 42.6 Å². The molecule has 0 amide bonds. The first-order chi connectivity index (χ1) is 2.41. The van der Waals surface area contributed by atoms with Gasteiger partial charge in [-0.25, -0.2) is 0 Å². The Hall–Kier alpha value is 0.597. The van der Waals surface area contributed by atoms with E-state index in [2.05, 4.69) is 29.7 Å². The predicted octanol–water partition coefficient (Wildman–Crippen LogP) is 1.12. The van der Waals surface area contributed by atoms with Crippen molar-refractivity contribution in [2.45, 2.75) is 19.8 Å². The van der Waals surface area contributed by atoms with E-state index >= 15 is 0 Å². The number of unbranched alkanes of at least 4 members (excludes halogenated alkanes) is 1. The van der Waals surface area contributed by atoms with E-state index in [9.17, 15) is 0 Å². The SMILES string of the molecule is [Li][CH]CCC. The van der Waals surface area contributed by atoms with Crippen LogP contribution in [-0.4, -0.2) is 17.7 Å². The fourth-order valence-corrected chi connectivity index (χ4v) is 0.289. The van der Waals surface area contributed by atoms with Crippen LogP contribution in [0, 0.1) is 5.09 Å². The summed E-state index contributed by atoms with van der Waals surface area (Å²) in [6.07, 6.45) is 2.55. The van der Waals surface area contributed by atoms with E-state index in [0.29, 0.717) is 0 Å². The molecule has 0 aromatic rings. The Balaban J connectivity index is 2.19. The van der Waals surface area contributed by atoms with Crippen molar-refractivity contribution in [2.75, 3.05) is 0 Å². The Bertz CT molecular complexity index is 11.1. The van der Waals surface area contributed by atoms with Crippen molar-refractivity contribution in [3.8, 4) is 0 Å². The van der Waals surface area contributed by atoms with Crippen LogP contribution in [0.3, 0.4) is 0 Å². The summed E-state index contributed by atoms with van der Waals surface area (Å²) < 4.78 is 0. The van der Waals surface area contributed by atoms with Gasteiger partial charge in [-0.15, -0.1) is 0 Å². The quantitative estimate of drug-likeness (QED) is 0.421. The molecular weight excluding hydrogens is 55.0 g/mol. The van der Waals surface area contributed by atoms with E-state index in [0.717, 1.165) is 0 Å². The van der Waals surface area contributed by atoms with Gasteiger partial charge in [0.1, 0.15) is 0 Å². The van der Waals surface area contributed by atoms with Gasteiger partial charge in [0.2, 0.25) is 0 Å². The normalized spacial score (nSPS) is 8.60. The molecule has 0 atom stereocenters. The van der Waals surface area contributed by atoms with Gasteiger partial charge in [0.25, 0.3) is 0 Å². The van der Waals surface area contributed by atoms with Gasteiger partial charge in [0, 0.05) is 0 Å². The molecule has 0 heterocycles. The zero-order chi connectivity index (χ0) is 4.12. The number of hydrogen-bond donors (Lipinski definition) is 0. The van der Waals surface area contributed by atoms with E-state index in [4.69, 9.17) is 0 Å². The zero-order valence-corrected chi connectivity index (χ0v) is 3.99. The predicted molar refractivity (Wildman–Crippen MR) is 25.0 cm³/mol. The molecule has 0 unspecified atom stereocenters. The first-order valence-corrected chi connectivity index (χ1v) is 2.19. The molecule has 0 bridgehead atoms. The third-order valence-electron chi connectivity index (χ3n) is 0.577. The third-order valence-corrected chi connectivity index (χ3v) is 0.577. The third kappa shape index (κ3) is 4.60. The molecule has 1 radical (unpaired) electrons. The van der Waals surface area contributed by atoms with Crippen LogP contribution in [0.15, 0.2) is 0 Å². The summed E-state index contributed by atoms with van der Waals surface area (Å²) in [5.41, 5.74) is 0. The maximum absolute atomic E-state index is 2.18. The van der Waals surface area contributed by atoms with Crippen LogP contribution in [0.1, 0.15) is 19.8 Å². The van der Waals surface area contributed by atoms with Crippen LogP contribution in [-0.2, 0) is 0 Å². The van der Waals surface area contributed by atoms with Gasteiger partial charge < -0.3 is 0 Å². The molecule has 0 N–H and O–H groups in total. The molecule has 0 spiro atoms. The van der Waals surface area contributed by atoms with Crippen LogP contribution < -0.4 is 0 Å². The minimum atomic E-state index is 1.26. The van der Waals surface area contributed by atoms with Crippen molar-refractivity contribution in [2.24, 2.45) is 0 Å². The van der Waals surface area contributed by atoms with Gasteiger partial charge in [-0.3, -0.25) is 0 Å². The second kappa shape index (κ2) is 4.60. The Morgan fingerprint density at radius 2 is 2.40 bits per heavy atom. The van der Waals surface area contributed by atoms with Gasteiger partial charge in [-0.2, -0.15) is 0 Å². The average Bonchev–Trinajstić information content (AvgIpc) is 1.41. The molecule has 1 heteroatoms. The van der Waals surface area contributed by atoms with Crippen molar-refractivity contribution in [3.63, 3.8) is 0 Å². The molecule has 0 saturated carbocycles.